The zero-order chi connectivity index (χ0) is 21.8. The normalized spacial score (nSPS) is 18.0. The molecule has 3 rings (SSSR count). The molecule has 0 aliphatic carbocycles. The summed E-state index contributed by atoms with van der Waals surface area (Å²) in [6.45, 7) is 0.422. The van der Waals surface area contributed by atoms with Crippen molar-refractivity contribution in [1.29, 1.82) is 0 Å². The molecule has 1 saturated heterocycles. The summed E-state index contributed by atoms with van der Waals surface area (Å²) in [6, 6.07) is 10.9. The van der Waals surface area contributed by atoms with Gasteiger partial charge in [0.25, 0.3) is 11.7 Å². The molecule has 0 saturated carbocycles. The van der Waals surface area contributed by atoms with E-state index in [1.807, 2.05) is 0 Å². The largest absolute Gasteiger partial charge is 0.507 e. The summed E-state index contributed by atoms with van der Waals surface area (Å²) in [6.07, 6.45) is 0. The SMILES string of the molecule is COCCN1C(=O)C(=O)/C(=C(\O)c2ccc(OC)c(Cl)c2)C1c1cccc(OC)c1. The molecule has 1 amide bonds. The predicted molar refractivity (Wildman–Crippen MR) is 112 cm³/mol. The number of benzene rings is 2. The van der Waals surface area contributed by atoms with Gasteiger partial charge in [0.15, 0.2) is 0 Å². The van der Waals surface area contributed by atoms with Crippen molar-refractivity contribution in [3.05, 3.63) is 64.2 Å². The van der Waals surface area contributed by atoms with Crippen molar-refractivity contribution >= 4 is 29.1 Å². The smallest absolute Gasteiger partial charge is 0.295 e. The van der Waals surface area contributed by atoms with Gasteiger partial charge >= 0.3 is 0 Å². The molecule has 0 bridgehead atoms. The minimum atomic E-state index is -0.795. The van der Waals surface area contributed by atoms with Crippen molar-refractivity contribution in [1.82, 2.24) is 4.90 Å². The van der Waals surface area contributed by atoms with Crippen molar-refractivity contribution in [3.8, 4) is 11.5 Å². The van der Waals surface area contributed by atoms with E-state index in [4.69, 9.17) is 25.8 Å². The van der Waals surface area contributed by atoms with Crippen LogP contribution in [-0.4, -0.2) is 56.2 Å². The maximum absolute atomic E-state index is 12.9. The topological polar surface area (TPSA) is 85.3 Å². The van der Waals surface area contributed by atoms with Gasteiger partial charge in [0.2, 0.25) is 0 Å². The first-order valence-electron chi connectivity index (χ1n) is 9.18. The van der Waals surface area contributed by atoms with Gasteiger partial charge in [-0.25, -0.2) is 0 Å². The Bertz CT molecular complexity index is 1000. The van der Waals surface area contributed by atoms with Gasteiger partial charge in [-0.3, -0.25) is 9.59 Å². The van der Waals surface area contributed by atoms with Gasteiger partial charge in [0, 0.05) is 19.2 Å². The summed E-state index contributed by atoms with van der Waals surface area (Å²) >= 11 is 6.18. The second-order valence-corrected chi connectivity index (χ2v) is 7.02. The lowest BCUT2D eigenvalue weighted by Crippen LogP contribution is -2.32. The summed E-state index contributed by atoms with van der Waals surface area (Å²) in [4.78, 5) is 27.0. The molecule has 0 spiro atoms. The zero-order valence-corrected chi connectivity index (χ0v) is 17.6. The second kappa shape index (κ2) is 9.19. The molecule has 7 nitrogen and oxygen atoms in total. The number of nitrogens with zero attached hydrogens (tertiary/aromatic N) is 1. The third-order valence-corrected chi connectivity index (χ3v) is 5.21. The van der Waals surface area contributed by atoms with Crippen LogP contribution < -0.4 is 9.47 Å². The van der Waals surface area contributed by atoms with Crippen LogP contribution in [0.5, 0.6) is 11.5 Å². The third-order valence-electron chi connectivity index (χ3n) is 4.91. The Balaban J connectivity index is 2.17. The minimum Gasteiger partial charge on any atom is -0.507 e. The van der Waals surface area contributed by atoms with Gasteiger partial charge in [-0.05, 0) is 35.9 Å². The second-order valence-electron chi connectivity index (χ2n) is 6.61. The molecule has 1 aliphatic heterocycles. The average molecular weight is 432 g/mol. The van der Waals surface area contributed by atoms with Crippen LogP contribution in [0.1, 0.15) is 17.2 Å². The highest BCUT2D eigenvalue weighted by molar-refractivity contribution is 6.46. The Labute approximate surface area is 179 Å². The maximum atomic E-state index is 12.9. The number of amides is 1. The Kier molecular flexibility index (Phi) is 6.64. The van der Waals surface area contributed by atoms with E-state index in [-0.39, 0.29) is 29.5 Å². The number of methoxy groups -OCH3 is 3. The zero-order valence-electron chi connectivity index (χ0n) is 16.8. The van der Waals surface area contributed by atoms with E-state index in [0.29, 0.717) is 22.6 Å². The summed E-state index contributed by atoms with van der Waals surface area (Å²) in [7, 11) is 4.52. The van der Waals surface area contributed by atoms with Crippen LogP contribution in [0.4, 0.5) is 0 Å². The van der Waals surface area contributed by atoms with Gasteiger partial charge in [0.05, 0.1) is 37.5 Å². The standard InChI is InChI=1S/C22H22ClNO6/c1-28-10-9-24-19(13-5-4-6-15(11-13)29-2)18(21(26)22(24)27)20(25)14-7-8-17(30-3)16(23)12-14/h4-8,11-12,19,25H,9-10H2,1-3H3/b20-18-. The van der Waals surface area contributed by atoms with E-state index in [1.165, 1.54) is 32.3 Å². The number of hydrogen-bond donors (Lipinski definition) is 1. The van der Waals surface area contributed by atoms with Crippen LogP contribution in [0.25, 0.3) is 5.76 Å². The predicted octanol–water partition coefficient (Wildman–Crippen LogP) is 3.43. The molecule has 1 unspecified atom stereocenters. The number of carbonyl (C=O) groups excluding carboxylic acids is 2. The van der Waals surface area contributed by atoms with Crippen molar-refractivity contribution in [2.75, 3.05) is 34.5 Å². The summed E-state index contributed by atoms with van der Waals surface area (Å²) in [5.74, 6) is -0.800. The monoisotopic (exact) mass is 431 g/mol. The molecule has 0 aromatic heterocycles. The first-order chi connectivity index (χ1) is 14.4. The van der Waals surface area contributed by atoms with Gasteiger partial charge in [-0.15, -0.1) is 0 Å². The molecule has 1 atom stereocenters. The molecule has 158 valence electrons. The molecule has 8 heteroatoms. The Morgan fingerprint density at radius 3 is 2.50 bits per heavy atom. The third kappa shape index (κ3) is 3.99. The molecular formula is C22H22ClNO6. The van der Waals surface area contributed by atoms with Crippen LogP contribution in [0.15, 0.2) is 48.0 Å². The van der Waals surface area contributed by atoms with E-state index < -0.39 is 17.7 Å². The quantitative estimate of drug-likeness (QED) is 0.410. The highest BCUT2D eigenvalue weighted by Crippen LogP contribution is 2.40. The number of Topliss-reactive ketones (excluding diaryl/α,β-unsaturated/α-hetero) is 1. The summed E-state index contributed by atoms with van der Waals surface area (Å²) in [5.41, 5.74) is 0.912. The summed E-state index contributed by atoms with van der Waals surface area (Å²) in [5, 5.41) is 11.3. The fourth-order valence-electron chi connectivity index (χ4n) is 3.43. The Hall–Kier alpha value is -3.03. The molecule has 0 radical (unpaired) electrons. The van der Waals surface area contributed by atoms with Gasteiger partial charge in [-0.1, -0.05) is 23.7 Å². The fourth-order valence-corrected chi connectivity index (χ4v) is 3.69. The van der Waals surface area contributed by atoms with Gasteiger partial charge in [-0.2, -0.15) is 0 Å². The number of halogens is 1. The van der Waals surface area contributed by atoms with E-state index in [0.717, 1.165) is 0 Å². The van der Waals surface area contributed by atoms with Crippen LogP contribution in [0.3, 0.4) is 0 Å². The van der Waals surface area contributed by atoms with E-state index >= 15 is 0 Å². The lowest BCUT2D eigenvalue weighted by atomic mass is 9.95. The highest BCUT2D eigenvalue weighted by Gasteiger charge is 2.46. The van der Waals surface area contributed by atoms with E-state index in [2.05, 4.69) is 0 Å². The first-order valence-corrected chi connectivity index (χ1v) is 9.56. The van der Waals surface area contributed by atoms with Crippen LogP contribution in [0, 0.1) is 0 Å². The first kappa shape index (κ1) is 21.7. The van der Waals surface area contributed by atoms with Crippen LogP contribution in [-0.2, 0) is 14.3 Å². The highest BCUT2D eigenvalue weighted by atomic mass is 35.5. The Morgan fingerprint density at radius 2 is 1.87 bits per heavy atom. The van der Waals surface area contributed by atoms with Crippen LogP contribution >= 0.6 is 11.6 Å². The molecule has 2 aromatic rings. The van der Waals surface area contributed by atoms with Crippen molar-refractivity contribution in [2.45, 2.75) is 6.04 Å². The lowest BCUT2D eigenvalue weighted by Gasteiger charge is -2.25. The average Bonchev–Trinajstić information content (AvgIpc) is 3.01. The van der Waals surface area contributed by atoms with E-state index in [9.17, 15) is 14.7 Å². The molecular weight excluding hydrogens is 410 g/mol. The lowest BCUT2D eigenvalue weighted by molar-refractivity contribution is -0.140. The van der Waals surface area contributed by atoms with Gasteiger partial charge < -0.3 is 24.2 Å². The molecule has 1 fully saturated rings. The number of aliphatic hydroxyl groups is 1. The molecule has 1 N–H and O–H groups in total. The number of carbonyl (C=O) groups is 2. The maximum Gasteiger partial charge on any atom is 0.295 e. The number of aliphatic hydroxyl groups excluding tert-OH is 1. The van der Waals surface area contributed by atoms with E-state index in [1.54, 1.807) is 36.4 Å². The van der Waals surface area contributed by atoms with Crippen molar-refractivity contribution < 1.29 is 28.9 Å². The summed E-state index contributed by atoms with van der Waals surface area (Å²) < 4.78 is 15.5. The minimum absolute atomic E-state index is 0.0226. The number of likely N-dealkylation sites (tertiary alicyclic amines) is 1. The van der Waals surface area contributed by atoms with Crippen molar-refractivity contribution in [3.63, 3.8) is 0 Å². The molecule has 1 heterocycles. The molecule has 2 aromatic carbocycles. The van der Waals surface area contributed by atoms with Crippen LogP contribution in [0.2, 0.25) is 5.02 Å². The Morgan fingerprint density at radius 1 is 1.10 bits per heavy atom. The number of rotatable bonds is 7. The number of ether oxygens (including phenoxy) is 3. The van der Waals surface area contributed by atoms with Gasteiger partial charge in [0.1, 0.15) is 17.3 Å². The molecule has 30 heavy (non-hydrogen) atoms. The fraction of sp³-hybridized carbons (Fsp3) is 0.273. The van der Waals surface area contributed by atoms with Crippen molar-refractivity contribution in [2.24, 2.45) is 0 Å². The molecule has 1 aliphatic rings. The number of hydrogen-bond acceptors (Lipinski definition) is 6. The number of ketones is 1.